The third kappa shape index (κ3) is 7.89. The summed E-state index contributed by atoms with van der Waals surface area (Å²) in [7, 11) is 1.72. The molecule has 0 bridgehead atoms. The first-order valence-electron chi connectivity index (χ1n) is 10.5. The van der Waals surface area contributed by atoms with Gasteiger partial charge in [-0.1, -0.05) is 54.6 Å². The SMILES string of the molecule is CCNC(=NCc1cccc(COC)c1)N1CCC(COCc2ccccc2)C1.I. The summed E-state index contributed by atoms with van der Waals surface area (Å²) in [6.07, 6.45) is 1.14. The van der Waals surface area contributed by atoms with Gasteiger partial charge in [0.15, 0.2) is 5.96 Å². The predicted octanol–water partition coefficient (Wildman–Crippen LogP) is 4.46. The van der Waals surface area contributed by atoms with Crippen LogP contribution >= 0.6 is 24.0 Å². The summed E-state index contributed by atoms with van der Waals surface area (Å²) in [6.45, 7) is 7.78. The molecule has 0 spiro atoms. The van der Waals surface area contributed by atoms with Gasteiger partial charge in [-0.05, 0) is 30.0 Å². The van der Waals surface area contributed by atoms with Crippen LogP contribution in [0.2, 0.25) is 0 Å². The monoisotopic (exact) mass is 523 g/mol. The molecule has 3 rings (SSSR count). The Labute approximate surface area is 197 Å². The van der Waals surface area contributed by atoms with Crippen molar-refractivity contribution in [3.05, 3.63) is 71.3 Å². The number of rotatable bonds is 9. The number of nitrogens with zero attached hydrogens (tertiary/aromatic N) is 2. The van der Waals surface area contributed by atoms with Crippen LogP contribution in [-0.4, -0.2) is 44.2 Å². The van der Waals surface area contributed by atoms with Crippen LogP contribution in [0.4, 0.5) is 0 Å². The summed E-state index contributed by atoms with van der Waals surface area (Å²) in [4.78, 5) is 7.24. The van der Waals surface area contributed by atoms with Gasteiger partial charge in [0.1, 0.15) is 0 Å². The Hall–Kier alpha value is -1.64. The lowest BCUT2D eigenvalue weighted by Gasteiger charge is -2.21. The first-order chi connectivity index (χ1) is 14.3. The molecule has 1 aliphatic heterocycles. The smallest absolute Gasteiger partial charge is 0.194 e. The van der Waals surface area contributed by atoms with E-state index in [4.69, 9.17) is 14.5 Å². The van der Waals surface area contributed by atoms with Crippen molar-refractivity contribution in [1.29, 1.82) is 0 Å². The molecule has 1 N–H and O–H groups in total. The van der Waals surface area contributed by atoms with Gasteiger partial charge in [-0.2, -0.15) is 0 Å². The molecule has 164 valence electrons. The molecule has 1 aliphatic rings. The Morgan fingerprint density at radius 3 is 2.60 bits per heavy atom. The Balaban J connectivity index is 0.00000320. The first kappa shape index (κ1) is 24.6. The first-order valence-corrected chi connectivity index (χ1v) is 10.5. The van der Waals surface area contributed by atoms with Crippen molar-refractivity contribution in [2.24, 2.45) is 10.9 Å². The third-order valence-corrected chi connectivity index (χ3v) is 5.10. The standard InChI is InChI=1S/C24H33N3O2.HI/c1-3-25-24(26-15-21-10-7-11-22(14-21)17-28-2)27-13-12-23(16-27)19-29-18-20-8-5-4-6-9-20;/h4-11,14,23H,3,12-13,15-19H2,1-2H3,(H,25,26);1H. The number of ether oxygens (including phenoxy) is 2. The number of hydrogen-bond acceptors (Lipinski definition) is 3. The van der Waals surface area contributed by atoms with E-state index in [1.807, 2.05) is 6.07 Å². The number of likely N-dealkylation sites (tertiary alicyclic amines) is 1. The molecule has 1 fully saturated rings. The minimum atomic E-state index is 0. The van der Waals surface area contributed by atoms with Gasteiger partial charge in [-0.3, -0.25) is 0 Å². The topological polar surface area (TPSA) is 46.1 Å². The lowest BCUT2D eigenvalue weighted by Crippen LogP contribution is -2.40. The Morgan fingerprint density at radius 2 is 1.83 bits per heavy atom. The van der Waals surface area contributed by atoms with E-state index in [0.717, 1.165) is 38.6 Å². The molecule has 0 saturated carbocycles. The van der Waals surface area contributed by atoms with Crippen molar-refractivity contribution >= 4 is 29.9 Å². The van der Waals surface area contributed by atoms with E-state index in [-0.39, 0.29) is 24.0 Å². The van der Waals surface area contributed by atoms with Gasteiger partial charge in [0.2, 0.25) is 0 Å². The van der Waals surface area contributed by atoms with Crippen LogP contribution in [0.3, 0.4) is 0 Å². The zero-order valence-corrected chi connectivity index (χ0v) is 20.4. The zero-order chi connectivity index (χ0) is 20.3. The molecule has 1 heterocycles. The van der Waals surface area contributed by atoms with Gasteiger partial charge < -0.3 is 19.7 Å². The fraction of sp³-hybridized carbons (Fsp3) is 0.458. The number of aliphatic imine (C=N–C) groups is 1. The molecule has 0 aliphatic carbocycles. The second kappa shape index (κ2) is 13.6. The highest BCUT2D eigenvalue weighted by Gasteiger charge is 2.25. The van der Waals surface area contributed by atoms with E-state index in [1.54, 1.807) is 7.11 Å². The van der Waals surface area contributed by atoms with E-state index in [1.165, 1.54) is 16.7 Å². The number of nitrogens with one attached hydrogen (secondary N) is 1. The molecular weight excluding hydrogens is 489 g/mol. The van der Waals surface area contributed by atoms with Gasteiger partial charge in [-0.25, -0.2) is 4.99 Å². The predicted molar refractivity (Wildman–Crippen MR) is 133 cm³/mol. The maximum Gasteiger partial charge on any atom is 0.194 e. The van der Waals surface area contributed by atoms with Gasteiger partial charge in [0, 0.05) is 32.7 Å². The van der Waals surface area contributed by atoms with Gasteiger partial charge >= 0.3 is 0 Å². The summed E-state index contributed by atoms with van der Waals surface area (Å²) < 4.78 is 11.2. The number of hydrogen-bond donors (Lipinski definition) is 1. The maximum absolute atomic E-state index is 5.96. The molecule has 2 aromatic rings. The van der Waals surface area contributed by atoms with E-state index in [0.29, 0.717) is 25.7 Å². The largest absolute Gasteiger partial charge is 0.380 e. The summed E-state index contributed by atoms with van der Waals surface area (Å²) in [5.74, 6) is 1.54. The summed E-state index contributed by atoms with van der Waals surface area (Å²) in [6, 6.07) is 18.8. The number of guanidine groups is 1. The summed E-state index contributed by atoms with van der Waals surface area (Å²) in [5.41, 5.74) is 3.62. The quantitative estimate of drug-likeness (QED) is 0.300. The van der Waals surface area contributed by atoms with Gasteiger partial charge in [0.25, 0.3) is 0 Å². The fourth-order valence-corrected chi connectivity index (χ4v) is 3.66. The highest BCUT2D eigenvalue weighted by molar-refractivity contribution is 14.0. The molecule has 1 atom stereocenters. The van der Waals surface area contributed by atoms with Crippen LogP contribution in [0, 0.1) is 5.92 Å². The van der Waals surface area contributed by atoms with Crippen LogP contribution in [0.5, 0.6) is 0 Å². The molecular formula is C24H34IN3O2. The zero-order valence-electron chi connectivity index (χ0n) is 18.0. The van der Waals surface area contributed by atoms with Gasteiger partial charge in [0.05, 0.1) is 26.4 Å². The highest BCUT2D eigenvalue weighted by Crippen LogP contribution is 2.18. The minimum Gasteiger partial charge on any atom is -0.380 e. The number of benzene rings is 2. The molecule has 6 heteroatoms. The summed E-state index contributed by atoms with van der Waals surface area (Å²) in [5, 5.41) is 3.45. The Kier molecular flexibility index (Phi) is 11.2. The van der Waals surface area contributed by atoms with Crippen molar-refractivity contribution in [2.75, 3.05) is 33.4 Å². The lowest BCUT2D eigenvalue weighted by molar-refractivity contribution is 0.0906. The van der Waals surface area contributed by atoms with Crippen molar-refractivity contribution in [2.45, 2.75) is 33.1 Å². The Bertz CT molecular complexity index is 770. The van der Waals surface area contributed by atoms with Crippen molar-refractivity contribution in [3.63, 3.8) is 0 Å². The van der Waals surface area contributed by atoms with Crippen molar-refractivity contribution in [3.8, 4) is 0 Å². The maximum atomic E-state index is 5.96. The molecule has 0 aromatic heterocycles. The molecule has 1 unspecified atom stereocenters. The van der Waals surface area contributed by atoms with Crippen LogP contribution in [0.25, 0.3) is 0 Å². The molecule has 5 nitrogen and oxygen atoms in total. The van der Waals surface area contributed by atoms with Crippen LogP contribution < -0.4 is 5.32 Å². The average molecular weight is 523 g/mol. The van der Waals surface area contributed by atoms with Crippen LogP contribution in [-0.2, 0) is 29.2 Å². The second-order valence-corrected chi connectivity index (χ2v) is 7.52. The van der Waals surface area contributed by atoms with E-state index in [9.17, 15) is 0 Å². The lowest BCUT2D eigenvalue weighted by atomic mass is 10.1. The second-order valence-electron chi connectivity index (χ2n) is 7.52. The summed E-state index contributed by atoms with van der Waals surface area (Å²) >= 11 is 0. The van der Waals surface area contributed by atoms with E-state index < -0.39 is 0 Å². The molecule has 2 aromatic carbocycles. The highest BCUT2D eigenvalue weighted by atomic mass is 127. The van der Waals surface area contributed by atoms with E-state index >= 15 is 0 Å². The average Bonchev–Trinajstić information content (AvgIpc) is 3.21. The van der Waals surface area contributed by atoms with Gasteiger partial charge in [-0.15, -0.1) is 24.0 Å². The number of methoxy groups -OCH3 is 1. The van der Waals surface area contributed by atoms with Crippen LogP contribution in [0.1, 0.15) is 30.0 Å². The fourth-order valence-electron chi connectivity index (χ4n) is 3.66. The van der Waals surface area contributed by atoms with Crippen molar-refractivity contribution in [1.82, 2.24) is 10.2 Å². The third-order valence-electron chi connectivity index (χ3n) is 5.10. The van der Waals surface area contributed by atoms with Crippen LogP contribution in [0.15, 0.2) is 59.6 Å². The normalized spacial score (nSPS) is 16.4. The molecule has 0 amide bonds. The molecule has 1 saturated heterocycles. The minimum absolute atomic E-state index is 0. The molecule has 30 heavy (non-hydrogen) atoms. The Morgan fingerprint density at radius 1 is 1.07 bits per heavy atom. The number of halogens is 1. The van der Waals surface area contributed by atoms with Crippen molar-refractivity contribution < 1.29 is 9.47 Å². The van der Waals surface area contributed by atoms with E-state index in [2.05, 4.69) is 65.7 Å². The molecule has 0 radical (unpaired) electrons.